The highest BCUT2D eigenvalue weighted by atomic mass is 35.5. The molecular formula is C12H14Cl3N3O2S. The number of aromatic nitrogens is 2. The molecule has 0 bridgehead atoms. The molecule has 0 unspecified atom stereocenters. The van der Waals surface area contributed by atoms with Crippen LogP contribution in [0.2, 0.25) is 10.0 Å². The second-order valence-corrected chi connectivity index (χ2v) is 7.57. The molecule has 0 fully saturated rings. The Morgan fingerprint density at radius 3 is 2.57 bits per heavy atom. The van der Waals surface area contributed by atoms with Crippen LogP contribution in [0.4, 0.5) is 0 Å². The van der Waals surface area contributed by atoms with Gasteiger partial charge in [-0.25, -0.2) is 18.1 Å². The Morgan fingerprint density at radius 1 is 1.29 bits per heavy atom. The van der Waals surface area contributed by atoms with Crippen LogP contribution in [0, 0.1) is 0 Å². The number of sulfonamides is 1. The van der Waals surface area contributed by atoms with Crippen LogP contribution < -0.4 is 4.72 Å². The van der Waals surface area contributed by atoms with Gasteiger partial charge in [-0.15, -0.1) is 11.6 Å². The zero-order valence-corrected chi connectivity index (χ0v) is 14.3. The van der Waals surface area contributed by atoms with E-state index in [0.29, 0.717) is 34.4 Å². The molecule has 9 heteroatoms. The molecule has 0 atom stereocenters. The molecule has 0 aliphatic carbocycles. The number of benzene rings is 1. The highest BCUT2D eigenvalue weighted by Gasteiger charge is 2.13. The first-order valence-electron chi connectivity index (χ1n) is 6.16. The van der Waals surface area contributed by atoms with Crippen LogP contribution in [-0.4, -0.2) is 36.6 Å². The minimum absolute atomic E-state index is 0.264. The Kier molecular flexibility index (Phi) is 5.38. The van der Waals surface area contributed by atoms with Crippen LogP contribution >= 0.6 is 34.8 Å². The SMILES string of the molecule is CS(=O)(=O)NCCn1c(CCCl)nc2cc(Cl)c(Cl)cc21. The normalized spacial score (nSPS) is 12.2. The van der Waals surface area contributed by atoms with Gasteiger partial charge in [-0.3, -0.25) is 0 Å². The molecular weight excluding hydrogens is 357 g/mol. The monoisotopic (exact) mass is 369 g/mol. The third kappa shape index (κ3) is 4.23. The lowest BCUT2D eigenvalue weighted by Crippen LogP contribution is -2.26. The van der Waals surface area contributed by atoms with E-state index >= 15 is 0 Å². The second kappa shape index (κ2) is 6.71. The Balaban J connectivity index is 2.38. The van der Waals surface area contributed by atoms with Crippen LogP contribution in [0.5, 0.6) is 0 Å². The Labute approximate surface area is 138 Å². The number of nitrogens with one attached hydrogen (secondary N) is 1. The number of nitrogens with zero attached hydrogens (tertiary/aromatic N) is 2. The molecule has 0 saturated carbocycles. The number of rotatable bonds is 6. The first-order chi connectivity index (χ1) is 9.81. The van der Waals surface area contributed by atoms with Gasteiger partial charge in [-0.05, 0) is 12.1 Å². The van der Waals surface area contributed by atoms with Crippen molar-refractivity contribution in [3.63, 3.8) is 0 Å². The van der Waals surface area contributed by atoms with Crippen LogP contribution in [0.1, 0.15) is 5.82 Å². The van der Waals surface area contributed by atoms with E-state index in [2.05, 4.69) is 9.71 Å². The molecule has 0 spiro atoms. The minimum atomic E-state index is -3.23. The van der Waals surface area contributed by atoms with Gasteiger partial charge in [0, 0.05) is 25.4 Å². The standard InChI is InChI=1S/C12H14Cl3N3O2S/c1-21(19,20)16-4-5-18-11-7-9(15)8(14)6-10(11)17-12(18)2-3-13/h6-7,16H,2-5H2,1H3. The van der Waals surface area contributed by atoms with Gasteiger partial charge < -0.3 is 4.57 Å². The molecule has 2 rings (SSSR count). The first-order valence-corrected chi connectivity index (χ1v) is 9.35. The predicted octanol–water partition coefficient (Wildman–Crippen LogP) is 2.67. The van der Waals surface area contributed by atoms with Crippen molar-refractivity contribution in [3.05, 3.63) is 28.0 Å². The number of fused-ring (bicyclic) bond motifs is 1. The predicted molar refractivity (Wildman–Crippen MR) is 87.0 cm³/mol. The third-order valence-electron chi connectivity index (χ3n) is 2.89. The fraction of sp³-hybridized carbons (Fsp3) is 0.417. The fourth-order valence-electron chi connectivity index (χ4n) is 2.04. The lowest BCUT2D eigenvalue weighted by Gasteiger charge is -2.09. The number of hydrogen-bond donors (Lipinski definition) is 1. The van der Waals surface area contributed by atoms with Crippen molar-refractivity contribution >= 4 is 55.9 Å². The largest absolute Gasteiger partial charge is 0.327 e. The molecule has 5 nitrogen and oxygen atoms in total. The second-order valence-electron chi connectivity index (χ2n) is 4.54. The van der Waals surface area contributed by atoms with Gasteiger partial charge in [-0.2, -0.15) is 0 Å². The fourth-order valence-corrected chi connectivity index (χ4v) is 2.98. The summed E-state index contributed by atoms with van der Waals surface area (Å²) < 4.78 is 26.6. The van der Waals surface area contributed by atoms with E-state index in [1.54, 1.807) is 12.1 Å². The van der Waals surface area contributed by atoms with E-state index in [0.717, 1.165) is 17.6 Å². The first kappa shape index (κ1) is 16.8. The van der Waals surface area contributed by atoms with Gasteiger partial charge in [0.1, 0.15) is 5.82 Å². The van der Waals surface area contributed by atoms with Crippen molar-refractivity contribution in [1.82, 2.24) is 14.3 Å². The summed E-state index contributed by atoms with van der Waals surface area (Å²) in [7, 11) is -3.23. The summed E-state index contributed by atoms with van der Waals surface area (Å²) in [5, 5.41) is 0.860. The number of imidazole rings is 1. The Bertz CT molecular complexity index is 759. The van der Waals surface area contributed by atoms with Crippen molar-refractivity contribution in [3.8, 4) is 0 Å². The Morgan fingerprint density at radius 2 is 1.95 bits per heavy atom. The van der Waals surface area contributed by atoms with Crippen molar-refractivity contribution in [2.45, 2.75) is 13.0 Å². The van der Waals surface area contributed by atoms with Gasteiger partial charge in [0.15, 0.2) is 0 Å². The van der Waals surface area contributed by atoms with Crippen molar-refractivity contribution in [2.75, 3.05) is 18.7 Å². The molecule has 1 heterocycles. The molecule has 0 amide bonds. The summed E-state index contributed by atoms with van der Waals surface area (Å²) >= 11 is 17.8. The minimum Gasteiger partial charge on any atom is -0.327 e. The van der Waals surface area contributed by atoms with Gasteiger partial charge in [0.25, 0.3) is 0 Å². The maximum atomic E-state index is 11.1. The molecule has 2 aromatic rings. The van der Waals surface area contributed by atoms with Crippen LogP contribution in [0.3, 0.4) is 0 Å². The number of hydrogen-bond acceptors (Lipinski definition) is 3. The van der Waals surface area contributed by atoms with E-state index in [9.17, 15) is 8.42 Å². The summed E-state index contributed by atoms with van der Waals surface area (Å²) in [6.45, 7) is 0.702. The summed E-state index contributed by atoms with van der Waals surface area (Å²) in [6.07, 6.45) is 1.69. The Hall–Kier alpha value is -0.530. The molecule has 0 aliphatic rings. The van der Waals surface area contributed by atoms with Gasteiger partial charge in [-0.1, -0.05) is 23.2 Å². The molecule has 0 aliphatic heterocycles. The summed E-state index contributed by atoms with van der Waals surface area (Å²) in [5.74, 6) is 1.19. The van der Waals surface area contributed by atoms with Crippen molar-refractivity contribution in [1.29, 1.82) is 0 Å². The topological polar surface area (TPSA) is 64.0 Å². The van der Waals surface area contributed by atoms with Crippen LogP contribution in [-0.2, 0) is 23.0 Å². The van der Waals surface area contributed by atoms with Crippen LogP contribution in [0.25, 0.3) is 11.0 Å². The number of halogens is 3. The molecule has 21 heavy (non-hydrogen) atoms. The molecule has 1 aromatic heterocycles. The zero-order chi connectivity index (χ0) is 15.6. The summed E-state index contributed by atoms with van der Waals surface area (Å²) in [5.41, 5.74) is 1.52. The van der Waals surface area contributed by atoms with E-state index in [4.69, 9.17) is 34.8 Å². The summed E-state index contributed by atoms with van der Waals surface area (Å²) in [6, 6.07) is 3.42. The van der Waals surface area contributed by atoms with Gasteiger partial charge >= 0.3 is 0 Å². The lowest BCUT2D eigenvalue weighted by molar-refractivity contribution is 0.577. The maximum absolute atomic E-state index is 11.1. The number of aryl methyl sites for hydroxylation is 1. The van der Waals surface area contributed by atoms with Gasteiger partial charge in [0.05, 0.1) is 27.3 Å². The van der Waals surface area contributed by atoms with Gasteiger partial charge in [0.2, 0.25) is 10.0 Å². The quantitative estimate of drug-likeness (QED) is 0.795. The highest BCUT2D eigenvalue weighted by molar-refractivity contribution is 7.88. The highest BCUT2D eigenvalue weighted by Crippen LogP contribution is 2.28. The van der Waals surface area contributed by atoms with Crippen molar-refractivity contribution in [2.24, 2.45) is 0 Å². The lowest BCUT2D eigenvalue weighted by atomic mass is 10.3. The van der Waals surface area contributed by atoms with E-state index in [-0.39, 0.29) is 6.54 Å². The molecule has 1 aromatic carbocycles. The van der Waals surface area contributed by atoms with E-state index in [1.165, 1.54) is 0 Å². The zero-order valence-electron chi connectivity index (χ0n) is 11.2. The molecule has 1 N–H and O–H groups in total. The third-order valence-corrected chi connectivity index (χ3v) is 4.53. The smallest absolute Gasteiger partial charge is 0.208 e. The molecule has 0 radical (unpaired) electrons. The van der Waals surface area contributed by atoms with Crippen LogP contribution in [0.15, 0.2) is 12.1 Å². The van der Waals surface area contributed by atoms with E-state index < -0.39 is 10.0 Å². The van der Waals surface area contributed by atoms with Crippen molar-refractivity contribution < 1.29 is 8.42 Å². The summed E-state index contributed by atoms with van der Waals surface area (Å²) in [4.78, 5) is 4.48. The molecule has 116 valence electrons. The maximum Gasteiger partial charge on any atom is 0.208 e. The molecule has 0 saturated heterocycles. The number of alkyl halides is 1. The average Bonchev–Trinajstić information content (AvgIpc) is 2.67. The average molecular weight is 371 g/mol. The van der Waals surface area contributed by atoms with E-state index in [1.807, 2.05) is 4.57 Å².